The summed E-state index contributed by atoms with van der Waals surface area (Å²) in [4.78, 5) is 49.1. The summed E-state index contributed by atoms with van der Waals surface area (Å²) in [6, 6.07) is 15.8. The molecular formula is C53H62F2N12O5. The lowest BCUT2D eigenvalue weighted by molar-refractivity contribution is -0.120. The van der Waals surface area contributed by atoms with E-state index in [1.165, 1.54) is 0 Å². The number of anilines is 2. The standard InChI is InChI=1S/C28H33FN6O3.C25H29FN6O2/c1-17(19-11-26(36)30-13-19)38-28-27-24(31-16-35(27)20-3-4-20)12-23(32-28)18-2-5-25(22(29)10-18)34-8-6-33(7-9-34)21-14-37-15-21;1-15(17-11-23(33)28-13-17)34-25-24-21(29-14-32(24)18-3-4-18)12-20(30-25)16-2-5-22(19(26)10-16)31-8-6-27-7-9-31/h2,5,10,12,16-17,19-21H,3-4,6-9,11,13-15H2,1H3,(H,30,36);2,5,10,12,14-15,17-18,27H,3-4,6-9,11,13H2,1H3,(H,28,33)/t17-,19-;15-,17-/m11/s1. The van der Waals surface area contributed by atoms with Crippen molar-refractivity contribution in [2.24, 2.45) is 11.8 Å². The monoisotopic (exact) mass is 984 g/mol. The molecule has 19 heteroatoms. The largest absolute Gasteiger partial charge is 0.473 e. The van der Waals surface area contributed by atoms with Gasteiger partial charge in [-0.3, -0.25) is 14.5 Å². The fourth-order valence-corrected chi connectivity index (χ4v) is 10.7. The number of halogens is 2. The van der Waals surface area contributed by atoms with E-state index < -0.39 is 0 Å². The lowest BCUT2D eigenvalue weighted by Crippen LogP contribution is -2.56. The van der Waals surface area contributed by atoms with Crippen molar-refractivity contribution in [2.75, 3.05) is 88.5 Å². The van der Waals surface area contributed by atoms with Crippen LogP contribution in [0.25, 0.3) is 44.6 Å². The number of carbonyl (C=O) groups is 2. The summed E-state index contributed by atoms with van der Waals surface area (Å²) >= 11 is 0. The maximum absolute atomic E-state index is 15.4. The van der Waals surface area contributed by atoms with Crippen molar-refractivity contribution in [3.8, 4) is 34.3 Å². The van der Waals surface area contributed by atoms with E-state index in [0.29, 0.717) is 89.7 Å². The maximum Gasteiger partial charge on any atom is 0.241 e. The average molecular weight is 985 g/mol. The third-order valence-corrected chi connectivity index (χ3v) is 15.6. The van der Waals surface area contributed by atoms with Crippen molar-refractivity contribution in [1.29, 1.82) is 0 Å². The predicted molar refractivity (Wildman–Crippen MR) is 268 cm³/mol. The lowest BCUT2D eigenvalue weighted by atomic mass is 10.0. The van der Waals surface area contributed by atoms with Crippen LogP contribution >= 0.6 is 0 Å². The zero-order valence-electron chi connectivity index (χ0n) is 40.9. The van der Waals surface area contributed by atoms with Gasteiger partial charge in [0.15, 0.2) is 0 Å². The Labute approximate surface area is 416 Å². The molecule has 5 saturated heterocycles. The molecule has 72 heavy (non-hydrogen) atoms. The SMILES string of the molecule is C[C@@H](Oc1nc(-c2ccc(N3CCN(C4COC4)CC3)c(F)c2)cc2ncn(C3CC3)c12)[C@H]1CNC(=O)C1.C[C@@H](Oc1nc(-c2ccc(N3CCNCC3)c(F)c2)cc2ncn(C3CC3)c12)[C@H]1CNC(=O)C1. The minimum atomic E-state index is -0.254. The molecule has 17 nitrogen and oxygen atoms in total. The van der Waals surface area contributed by atoms with E-state index in [2.05, 4.69) is 49.8 Å². The van der Waals surface area contributed by atoms with Crippen LogP contribution in [0.4, 0.5) is 20.2 Å². The topological polar surface area (TPSA) is 169 Å². The van der Waals surface area contributed by atoms with Crippen LogP contribution in [0.3, 0.4) is 0 Å². The van der Waals surface area contributed by atoms with Gasteiger partial charge in [-0.25, -0.2) is 28.7 Å². The molecule has 13 rings (SSSR count). The summed E-state index contributed by atoms with van der Waals surface area (Å²) in [7, 11) is 0. The van der Waals surface area contributed by atoms with Crippen molar-refractivity contribution in [1.82, 2.24) is 49.9 Å². The number of carbonyl (C=O) groups excluding carboxylic acids is 2. The molecule has 9 heterocycles. The molecule has 3 N–H and O–H groups in total. The van der Waals surface area contributed by atoms with Crippen molar-refractivity contribution < 1.29 is 32.6 Å². The molecule has 2 aromatic carbocycles. The van der Waals surface area contributed by atoms with Crippen LogP contribution < -0.4 is 35.2 Å². The first-order valence-electron chi connectivity index (χ1n) is 25.8. The van der Waals surface area contributed by atoms with Gasteiger partial charge in [-0.2, -0.15) is 0 Å². The number of benzene rings is 2. The van der Waals surface area contributed by atoms with Crippen molar-refractivity contribution in [3.63, 3.8) is 0 Å². The highest BCUT2D eigenvalue weighted by atomic mass is 19.1. The van der Waals surface area contributed by atoms with Crippen LogP contribution in [0, 0.1) is 23.5 Å². The van der Waals surface area contributed by atoms with Crippen LogP contribution in [0.2, 0.25) is 0 Å². The van der Waals surface area contributed by atoms with Crippen LogP contribution in [0.15, 0.2) is 61.2 Å². The summed E-state index contributed by atoms with van der Waals surface area (Å²) < 4.78 is 53.0. The van der Waals surface area contributed by atoms with Crippen molar-refractivity contribution >= 4 is 45.3 Å². The highest BCUT2D eigenvalue weighted by Gasteiger charge is 2.34. The minimum absolute atomic E-state index is 0.0503. The molecule has 7 fully saturated rings. The normalized spacial score (nSPS) is 22.6. The van der Waals surface area contributed by atoms with Crippen LogP contribution in [0.5, 0.6) is 11.8 Å². The van der Waals surface area contributed by atoms with Crippen LogP contribution in [-0.4, -0.2) is 143 Å². The summed E-state index contributed by atoms with van der Waals surface area (Å²) in [5.74, 6) is 0.751. The third-order valence-electron chi connectivity index (χ3n) is 15.6. The second kappa shape index (κ2) is 19.5. The van der Waals surface area contributed by atoms with Gasteiger partial charge >= 0.3 is 0 Å². The van der Waals surface area contributed by atoms with Gasteiger partial charge in [0, 0.05) is 113 Å². The van der Waals surface area contributed by atoms with Crippen LogP contribution in [-0.2, 0) is 14.3 Å². The lowest BCUT2D eigenvalue weighted by Gasteiger charge is -2.43. The van der Waals surface area contributed by atoms with Gasteiger partial charge in [-0.15, -0.1) is 0 Å². The molecule has 0 bridgehead atoms. The Balaban J connectivity index is 0.000000148. The number of fused-ring (bicyclic) bond motifs is 2. The van der Waals surface area contributed by atoms with E-state index in [1.807, 2.05) is 62.9 Å². The molecule has 0 radical (unpaired) electrons. The molecule has 2 amide bonds. The number of hydrogen-bond acceptors (Lipinski definition) is 13. The Bertz CT molecular complexity index is 2990. The number of nitrogens with zero attached hydrogens (tertiary/aromatic N) is 9. The Kier molecular flexibility index (Phi) is 12.6. The van der Waals surface area contributed by atoms with E-state index in [1.54, 1.807) is 12.1 Å². The maximum atomic E-state index is 15.4. The predicted octanol–water partition coefficient (Wildman–Crippen LogP) is 5.88. The van der Waals surface area contributed by atoms with Gasteiger partial charge in [0.1, 0.15) is 34.9 Å². The second-order valence-electron chi connectivity index (χ2n) is 20.6. The van der Waals surface area contributed by atoms with Crippen molar-refractivity contribution in [3.05, 3.63) is 72.8 Å². The zero-order chi connectivity index (χ0) is 49.0. The number of piperazine rings is 2. The molecular weight excluding hydrogens is 923 g/mol. The minimum Gasteiger partial charge on any atom is -0.473 e. The molecule has 6 aromatic rings. The van der Waals surface area contributed by atoms with Gasteiger partial charge in [0.05, 0.1) is 65.7 Å². The Morgan fingerprint density at radius 2 is 1.10 bits per heavy atom. The molecule has 7 aliphatic rings. The summed E-state index contributed by atoms with van der Waals surface area (Å²) in [5, 5.41) is 9.06. The van der Waals surface area contributed by atoms with Gasteiger partial charge in [-0.1, -0.05) is 12.1 Å². The molecule has 5 aliphatic heterocycles. The fourth-order valence-electron chi connectivity index (χ4n) is 10.7. The van der Waals surface area contributed by atoms with Gasteiger partial charge < -0.3 is 49.1 Å². The summed E-state index contributed by atoms with van der Waals surface area (Å²) in [5.41, 5.74) is 7.18. The number of amides is 2. The number of nitrogens with one attached hydrogen (secondary N) is 3. The summed E-state index contributed by atoms with van der Waals surface area (Å²) in [6.07, 6.45) is 8.64. The number of rotatable bonds is 13. The number of pyridine rings is 2. The highest BCUT2D eigenvalue weighted by molar-refractivity contribution is 5.86. The fraction of sp³-hybridized carbons (Fsp3) is 0.509. The Morgan fingerprint density at radius 1 is 0.625 bits per heavy atom. The Hall–Kier alpha value is -6.44. The van der Waals surface area contributed by atoms with Crippen molar-refractivity contribution in [2.45, 2.75) is 82.7 Å². The molecule has 0 spiro atoms. The molecule has 4 atom stereocenters. The van der Waals surface area contributed by atoms with E-state index in [-0.39, 0.29) is 47.5 Å². The number of hydrogen-bond donors (Lipinski definition) is 3. The Morgan fingerprint density at radius 3 is 1.50 bits per heavy atom. The quantitative estimate of drug-likeness (QED) is 0.126. The van der Waals surface area contributed by atoms with E-state index >= 15 is 8.78 Å². The molecule has 4 aromatic heterocycles. The van der Waals surface area contributed by atoms with Crippen LogP contribution in [0.1, 0.15) is 64.5 Å². The molecule has 378 valence electrons. The van der Waals surface area contributed by atoms with Gasteiger partial charge in [0.25, 0.3) is 0 Å². The van der Waals surface area contributed by atoms with E-state index in [0.717, 1.165) is 113 Å². The first kappa shape index (κ1) is 46.6. The number of imidazole rings is 2. The average Bonchev–Trinajstić information content (AvgIpc) is 4.20. The van der Waals surface area contributed by atoms with Gasteiger partial charge in [0.2, 0.25) is 23.6 Å². The van der Waals surface area contributed by atoms with E-state index in [4.69, 9.17) is 24.2 Å². The first-order valence-corrected chi connectivity index (χ1v) is 25.8. The summed E-state index contributed by atoms with van der Waals surface area (Å²) in [6.45, 7) is 13.5. The zero-order valence-corrected chi connectivity index (χ0v) is 40.9. The first-order chi connectivity index (χ1) is 35.1. The highest BCUT2D eigenvalue weighted by Crippen LogP contribution is 2.43. The van der Waals surface area contributed by atoms with Gasteiger partial charge in [-0.05, 0) is 75.9 Å². The second-order valence-corrected chi connectivity index (χ2v) is 20.6. The third kappa shape index (κ3) is 9.53. The number of aromatic nitrogens is 6. The molecule has 2 aliphatic carbocycles. The molecule has 0 unspecified atom stereocenters. The van der Waals surface area contributed by atoms with E-state index in [9.17, 15) is 9.59 Å². The molecule has 2 saturated carbocycles. The number of ether oxygens (including phenoxy) is 3. The smallest absolute Gasteiger partial charge is 0.241 e.